The monoisotopic (exact) mass is 642 g/mol. The summed E-state index contributed by atoms with van der Waals surface area (Å²) >= 11 is 1.82. The summed E-state index contributed by atoms with van der Waals surface area (Å²) in [5, 5.41) is 9.61. The fourth-order valence-electron chi connectivity index (χ4n) is 7.74. The van der Waals surface area contributed by atoms with Gasteiger partial charge in [0, 0.05) is 36.5 Å². The first-order chi connectivity index (χ1) is 24.3. The van der Waals surface area contributed by atoms with Crippen molar-refractivity contribution in [3.8, 4) is 28.3 Å². The zero-order valence-electron chi connectivity index (χ0n) is 26.2. The molecule has 0 radical (unpaired) electrons. The lowest BCUT2D eigenvalue weighted by Gasteiger charge is -2.08. The highest BCUT2D eigenvalue weighted by Gasteiger charge is 2.22. The van der Waals surface area contributed by atoms with Gasteiger partial charge in [0.25, 0.3) is 0 Å². The molecule has 11 rings (SSSR count). The van der Waals surface area contributed by atoms with Crippen LogP contribution in [0.1, 0.15) is 0 Å². The van der Waals surface area contributed by atoms with Crippen molar-refractivity contribution in [2.24, 2.45) is 0 Å². The van der Waals surface area contributed by atoms with E-state index >= 15 is 0 Å². The zero-order valence-corrected chi connectivity index (χ0v) is 27.0. The number of nitrogens with zero attached hydrogens (tertiary/aromatic N) is 2. The van der Waals surface area contributed by atoms with Crippen molar-refractivity contribution in [3.05, 3.63) is 158 Å². The van der Waals surface area contributed by atoms with E-state index in [1.54, 1.807) is 0 Å². The number of thiophene rings is 1. The van der Waals surface area contributed by atoms with Crippen molar-refractivity contribution >= 4 is 86.0 Å². The molecular formula is C45H26N2OS. The average molecular weight is 643 g/mol. The molecule has 0 aliphatic heterocycles. The normalized spacial score (nSPS) is 12.1. The molecule has 0 bridgehead atoms. The summed E-state index contributed by atoms with van der Waals surface area (Å²) in [6, 6.07) is 57.1. The molecule has 228 valence electrons. The molecule has 0 spiro atoms. The first kappa shape index (κ1) is 26.8. The molecule has 0 N–H and O–H groups in total. The van der Waals surface area contributed by atoms with Crippen molar-refractivity contribution < 1.29 is 4.42 Å². The first-order valence-electron chi connectivity index (χ1n) is 16.5. The predicted octanol–water partition coefficient (Wildman–Crippen LogP) is 12.9. The molecule has 0 fully saturated rings. The number of rotatable bonds is 3. The third-order valence-corrected chi connectivity index (χ3v) is 11.2. The molecule has 0 aliphatic carbocycles. The molecule has 8 aromatic carbocycles. The van der Waals surface area contributed by atoms with Crippen LogP contribution in [0.15, 0.2) is 162 Å². The van der Waals surface area contributed by atoms with E-state index < -0.39 is 0 Å². The fraction of sp³-hybridized carbons (Fsp3) is 0. The Labute approximate surface area is 284 Å². The summed E-state index contributed by atoms with van der Waals surface area (Å²) in [5.74, 6) is 0. The molecule has 4 heteroatoms. The number of aromatic nitrogens is 2. The lowest BCUT2D eigenvalue weighted by molar-refractivity contribution is 0.577. The first-order valence-corrected chi connectivity index (χ1v) is 17.4. The number of para-hydroxylation sites is 1. The number of hydrogen-bond acceptors (Lipinski definition) is 3. The lowest BCUT2D eigenvalue weighted by atomic mass is 9.96. The zero-order chi connectivity index (χ0) is 32.1. The van der Waals surface area contributed by atoms with E-state index in [0.717, 1.165) is 27.5 Å². The van der Waals surface area contributed by atoms with Crippen LogP contribution in [-0.4, -0.2) is 9.55 Å². The lowest BCUT2D eigenvalue weighted by Crippen LogP contribution is -1.93. The van der Waals surface area contributed by atoms with E-state index in [0.29, 0.717) is 6.01 Å². The summed E-state index contributed by atoms with van der Waals surface area (Å²) in [5.41, 5.74) is 8.64. The Morgan fingerprint density at radius 3 is 2.06 bits per heavy atom. The van der Waals surface area contributed by atoms with Gasteiger partial charge in [-0.25, -0.2) is 0 Å². The second-order valence-corrected chi connectivity index (χ2v) is 13.8. The molecule has 0 amide bonds. The second-order valence-electron chi connectivity index (χ2n) is 12.7. The standard InChI is InChI=1S/C45H26N2OS/c1-2-10-27(11-3-1)29-18-19-31-25-32(21-20-30(31)24-29)36-26-37-43(42-35-15-7-9-17-40(35)49-44(36)42)48-45(46-37)47-38-16-8-6-14-34(38)41-33-13-5-4-12-28(33)22-23-39(41)47/h1-26H. The van der Waals surface area contributed by atoms with E-state index in [2.05, 4.69) is 162 Å². The summed E-state index contributed by atoms with van der Waals surface area (Å²) < 4.78 is 11.5. The molecule has 3 aromatic heterocycles. The fourth-order valence-corrected chi connectivity index (χ4v) is 8.98. The van der Waals surface area contributed by atoms with Crippen molar-refractivity contribution in [2.75, 3.05) is 0 Å². The molecule has 3 heterocycles. The maximum atomic E-state index is 6.90. The summed E-state index contributed by atoms with van der Waals surface area (Å²) in [4.78, 5) is 5.27. The maximum Gasteiger partial charge on any atom is 0.307 e. The van der Waals surface area contributed by atoms with E-state index in [1.165, 1.54) is 69.4 Å². The summed E-state index contributed by atoms with van der Waals surface area (Å²) in [7, 11) is 0. The molecular weight excluding hydrogens is 617 g/mol. The SMILES string of the molecule is c1ccc(-c2ccc3cc(-c4cc5nc(-n6c7ccccc7c7c8ccccc8ccc76)oc5c5c4sc4ccccc45)ccc3c2)cc1. The quantitative estimate of drug-likeness (QED) is 0.192. The predicted molar refractivity (Wildman–Crippen MR) is 207 cm³/mol. The van der Waals surface area contributed by atoms with Gasteiger partial charge in [0.2, 0.25) is 0 Å². The van der Waals surface area contributed by atoms with Crippen LogP contribution in [0.25, 0.3) is 103 Å². The minimum Gasteiger partial charge on any atom is -0.422 e. The Morgan fingerprint density at radius 1 is 0.490 bits per heavy atom. The van der Waals surface area contributed by atoms with Crippen molar-refractivity contribution in [3.63, 3.8) is 0 Å². The summed E-state index contributed by atoms with van der Waals surface area (Å²) in [6.07, 6.45) is 0. The topological polar surface area (TPSA) is 31.0 Å². The average Bonchev–Trinajstić information content (AvgIpc) is 3.86. The molecule has 0 atom stereocenters. The second kappa shape index (κ2) is 10.1. The number of hydrogen-bond donors (Lipinski definition) is 0. The Hall–Kier alpha value is -6.23. The van der Waals surface area contributed by atoms with Gasteiger partial charge in [0.05, 0.1) is 11.0 Å². The van der Waals surface area contributed by atoms with Crippen molar-refractivity contribution in [2.45, 2.75) is 0 Å². The van der Waals surface area contributed by atoms with Crippen LogP contribution >= 0.6 is 11.3 Å². The number of oxazole rings is 1. The van der Waals surface area contributed by atoms with Gasteiger partial charge in [0.1, 0.15) is 5.52 Å². The third-order valence-electron chi connectivity index (χ3n) is 10.0. The van der Waals surface area contributed by atoms with Gasteiger partial charge >= 0.3 is 6.01 Å². The molecule has 0 aliphatic rings. The van der Waals surface area contributed by atoms with Crippen molar-refractivity contribution in [1.29, 1.82) is 0 Å². The Kier molecular flexibility index (Phi) is 5.54. The van der Waals surface area contributed by atoms with Crippen molar-refractivity contribution in [1.82, 2.24) is 9.55 Å². The highest BCUT2D eigenvalue weighted by Crippen LogP contribution is 2.46. The van der Waals surface area contributed by atoms with Crippen LogP contribution in [0.3, 0.4) is 0 Å². The van der Waals surface area contributed by atoms with Gasteiger partial charge in [-0.05, 0) is 74.6 Å². The van der Waals surface area contributed by atoms with Crippen LogP contribution in [0, 0.1) is 0 Å². The Morgan fingerprint density at radius 2 is 1.18 bits per heavy atom. The van der Waals surface area contributed by atoms with Gasteiger partial charge in [0.15, 0.2) is 5.58 Å². The number of fused-ring (bicyclic) bond motifs is 11. The highest BCUT2D eigenvalue weighted by molar-refractivity contribution is 7.26. The molecule has 11 aromatic rings. The minimum absolute atomic E-state index is 0.581. The van der Waals surface area contributed by atoms with Crippen LogP contribution in [0.5, 0.6) is 0 Å². The van der Waals surface area contributed by atoms with E-state index in [1.807, 2.05) is 11.3 Å². The van der Waals surface area contributed by atoms with Gasteiger partial charge in [-0.1, -0.05) is 121 Å². The third kappa shape index (κ3) is 3.92. The van der Waals surface area contributed by atoms with Gasteiger partial charge in [-0.15, -0.1) is 11.3 Å². The molecule has 0 saturated carbocycles. The van der Waals surface area contributed by atoms with E-state index in [9.17, 15) is 0 Å². The van der Waals surface area contributed by atoms with Crippen LogP contribution < -0.4 is 0 Å². The smallest absolute Gasteiger partial charge is 0.307 e. The Balaban J connectivity index is 1.17. The number of benzene rings is 8. The van der Waals surface area contributed by atoms with Gasteiger partial charge in [-0.2, -0.15) is 4.98 Å². The van der Waals surface area contributed by atoms with Gasteiger partial charge < -0.3 is 4.42 Å². The summed E-state index contributed by atoms with van der Waals surface area (Å²) in [6.45, 7) is 0. The molecule has 0 saturated heterocycles. The Bertz CT molecular complexity index is 3110. The van der Waals surface area contributed by atoms with E-state index in [-0.39, 0.29) is 0 Å². The molecule has 49 heavy (non-hydrogen) atoms. The molecule has 3 nitrogen and oxygen atoms in total. The van der Waals surface area contributed by atoms with Gasteiger partial charge in [-0.3, -0.25) is 4.57 Å². The van der Waals surface area contributed by atoms with Crippen LogP contribution in [0.4, 0.5) is 0 Å². The maximum absolute atomic E-state index is 6.90. The van der Waals surface area contributed by atoms with Crippen LogP contribution in [0.2, 0.25) is 0 Å². The molecule has 0 unspecified atom stereocenters. The minimum atomic E-state index is 0.581. The van der Waals surface area contributed by atoms with E-state index in [4.69, 9.17) is 9.40 Å². The van der Waals surface area contributed by atoms with Crippen LogP contribution in [-0.2, 0) is 0 Å². The largest absolute Gasteiger partial charge is 0.422 e. The highest BCUT2D eigenvalue weighted by atomic mass is 32.1.